The summed E-state index contributed by atoms with van der Waals surface area (Å²) >= 11 is 0. The molecule has 1 aromatic rings. The molecule has 2 atom stereocenters. The van der Waals surface area contributed by atoms with E-state index in [2.05, 4.69) is 64.2 Å². The predicted molar refractivity (Wildman–Crippen MR) is 78.4 cm³/mol. The minimum Gasteiger partial charge on any atom is -0.489 e. The van der Waals surface area contributed by atoms with Gasteiger partial charge in [0.25, 0.3) is 0 Å². The van der Waals surface area contributed by atoms with Crippen molar-refractivity contribution in [3.63, 3.8) is 0 Å². The van der Waals surface area contributed by atoms with E-state index < -0.39 is 0 Å². The molecule has 0 aliphatic rings. The fraction of sp³-hybridized carbons (Fsp3) is 0.625. The van der Waals surface area contributed by atoms with Crippen LogP contribution in [-0.2, 0) is 5.41 Å². The number of nitrogens with one attached hydrogen (secondary N) is 1. The van der Waals surface area contributed by atoms with Gasteiger partial charge < -0.3 is 10.1 Å². The smallest absolute Gasteiger partial charge is 0.119 e. The van der Waals surface area contributed by atoms with E-state index in [1.165, 1.54) is 5.56 Å². The number of likely N-dealkylation sites (N-methyl/N-ethyl adjacent to an activating group) is 1. The van der Waals surface area contributed by atoms with Gasteiger partial charge in [0.15, 0.2) is 0 Å². The van der Waals surface area contributed by atoms with E-state index in [0.29, 0.717) is 6.04 Å². The van der Waals surface area contributed by atoms with Crippen LogP contribution in [0.1, 0.15) is 46.6 Å². The van der Waals surface area contributed by atoms with Gasteiger partial charge in [-0.3, -0.25) is 0 Å². The molecule has 0 aromatic heterocycles. The van der Waals surface area contributed by atoms with Gasteiger partial charge in [-0.2, -0.15) is 0 Å². The molecule has 0 amide bonds. The van der Waals surface area contributed by atoms with Gasteiger partial charge in [0, 0.05) is 6.04 Å². The third kappa shape index (κ3) is 4.02. The van der Waals surface area contributed by atoms with Crippen LogP contribution in [0.3, 0.4) is 0 Å². The number of benzene rings is 1. The fourth-order valence-electron chi connectivity index (χ4n) is 2.10. The second-order valence-electron chi connectivity index (χ2n) is 5.90. The molecule has 0 fully saturated rings. The molecule has 0 saturated carbocycles. The van der Waals surface area contributed by atoms with Crippen LogP contribution in [0.15, 0.2) is 24.3 Å². The molecule has 102 valence electrons. The van der Waals surface area contributed by atoms with Gasteiger partial charge in [0.2, 0.25) is 0 Å². The summed E-state index contributed by atoms with van der Waals surface area (Å²) in [6.07, 6.45) is 1.25. The largest absolute Gasteiger partial charge is 0.489 e. The van der Waals surface area contributed by atoms with E-state index in [1.54, 1.807) is 0 Å². The summed E-state index contributed by atoms with van der Waals surface area (Å²) in [5, 5.41) is 3.28. The van der Waals surface area contributed by atoms with Crippen LogP contribution in [0.5, 0.6) is 5.75 Å². The number of rotatable bonds is 5. The van der Waals surface area contributed by atoms with E-state index >= 15 is 0 Å². The second kappa shape index (κ2) is 6.24. The van der Waals surface area contributed by atoms with Crippen molar-refractivity contribution in [3.8, 4) is 5.75 Å². The van der Waals surface area contributed by atoms with E-state index in [0.717, 1.165) is 12.2 Å². The molecule has 0 aliphatic heterocycles. The van der Waals surface area contributed by atoms with Crippen molar-refractivity contribution in [2.24, 2.45) is 0 Å². The minimum atomic E-state index is 0.181. The first-order valence-corrected chi connectivity index (χ1v) is 6.83. The lowest BCUT2D eigenvalue weighted by Gasteiger charge is -2.24. The lowest BCUT2D eigenvalue weighted by Crippen LogP contribution is -2.38. The molecule has 2 nitrogen and oxygen atoms in total. The molecule has 0 bridgehead atoms. The highest BCUT2D eigenvalue weighted by Crippen LogP contribution is 2.24. The van der Waals surface area contributed by atoms with Crippen LogP contribution in [0.25, 0.3) is 0 Å². The summed E-state index contributed by atoms with van der Waals surface area (Å²) in [5.41, 5.74) is 1.53. The summed E-state index contributed by atoms with van der Waals surface area (Å²) < 4.78 is 5.96. The third-order valence-electron chi connectivity index (χ3n) is 3.42. The molecule has 1 rings (SSSR count). The maximum Gasteiger partial charge on any atom is 0.119 e. The third-order valence-corrected chi connectivity index (χ3v) is 3.42. The Morgan fingerprint density at radius 2 is 1.72 bits per heavy atom. The molecule has 1 aromatic carbocycles. The van der Waals surface area contributed by atoms with Gasteiger partial charge in [0.05, 0.1) is 0 Å². The zero-order valence-corrected chi connectivity index (χ0v) is 12.6. The molecular weight excluding hydrogens is 222 g/mol. The summed E-state index contributed by atoms with van der Waals surface area (Å²) in [6, 6.07) is 8.84. The van der Waals surface area contributed by atoms with Crippen LogP contribution in [0.2, 0.25) is 0 Å². The Balaban J connectivity index is 2.69. The van der Waals surface area contributed by atoms with Crippen molar-refractivity contribution in [2.75, 3.05) is 7.05 Å². The molecule has 2 unspecified atom stereocenters. The quantitative estimate of drug-likeness (QED) is 0.858. The van der Waals surface area contributed by atoms with Crippen molar-refractivity contribution < 1.29 is 4.74 Å². The topological polar surface area (TPSA) is 21.3 Å². The van der Waals surface area contributed by atoms with Crippen LogP contribution < -0.4 is 10.1 Å². The molecule has 18 heavy (non-hydrogen) atoms. The van der Waals surface area contributed by atoms with Gasteiger partial charge in [0.1, 0.15) is 11.9 Å². The summed E-state index contributed by atoms with van der Waals surface area (Å²) in [6.45, 7) is 10.9. The Morgan fingerprint density at radius 1 is 1.17 bits per heavy atom. The minimum absolute atomic E-state index is 0.181. The Morgan fingerprint density at radius 3 is 2.11 bits per heavy atom. The zero-order chi connectivity index (χ0) is 13.8. The Hall–Kier alpha value is -1.02. The van der Waals surface area contributed by atoms with Gasteiger partial charge in [-0.15, -0.1) is 0 Å². The molecule has 0 radical (unpaired) electrons. The average molecular weight is 249 g/mol. The van der Waals surface area contributed by atoms with E-state index in [1.807, 2.05) is 7.05 Å². The Labute approximate surface area is 112 Å². The lowest BCUT2D eigenvalue weighted by atomic mass is 9.87. The predicted octanol–water partition coefficient (Wildman–Crippen LogP) is 3.75. The number of ether oxygens (including phenoxy) is 1. The SMILES string of the molecule is CCC(NC)C(C)Oc1ccc(C(C)(C)C)cc1. The molecule has 2 heteroatoms. The summed E-state index contributed by atoms with van der Waals surface area (Å²) in [5.74, 6) is 0.948. The highest BCUT2D eigenvalue weighted by molar-refractivity contribution is 5.31. The van der Waals surface area contributed by atoms with Crippen LogP contribution in [-0.4, -0.2) is 19.2 Å². The Kier molecular flexibility index (Phi) is 5.21. The second-order valence-corrected chi connectivity index (χ2v) is 5.90. The van der Waals surface area contributed by atoms with Crippen molar-refractivity contribution >= 4 is 0 Å². The average Bonchev–Trinajstić information content (AvgIpc) is 2.30. The fourth-order valence-corrected chi connectivity index (χ4v) is 2.10. The van der Waals surface area contributed by atoms with Gasteiger partial charge in [-0.05, 0) is 43.5 Å². The van der Waals surface area contributed by atoms with Crippen molar-refractivity contribution in [1.82, 2.24) is 5.32 Å². The molecule has 0 saturated heterocycles. The number of hydrogen-bond donors (Lipinski definition) is 1. The van der Waals surface area contributed by atoms with Crippen molar-refractivity contribution in [1.29, 1.82) is 0 Å². The normalized spacial score (nSPS) is 15.2. The molecule has 0 spiro atoms. The van der Waals surface area contributed by atoms with Gasteiger partial charge in [-0.25, -0.2) is 0 Å². The first-order valence-electron chi connectivity index (χ1n) is 6.83. The molecular formula is C16H27NO. The lowest BCUT2D eigenvalue weighted by molar-refractivity contribution is 0.172. The maximum absolute atomic E-state index is 5.96. The monoisotopic (exact) mass is 249 g/mol. The van der Waals surface area contributed by atoms with Gasteiger partial charge >= 0.3 is 0 Å². The zero-order valence-electron chi connectivity index (χ0n) is 12.6. The van der Waals surface area contributed by atoms with Crippen LogP contribution in [0, 0.1) is 0 Å². The van der Waals surface area contributed by atoms with E-state index in [-0.39, 0.29) is 11.5 Å². The first-order chi connectivity index (χ1) is 8.38. The van der Waals surface area contributed by atoms with Gasteiger partial charge in [-0.1, -0.05) is 39.8 Å². The number of hydrogen-bond acceptors (Lipinski definition) is 2. The molecule has 1 N–H and O–H groups in total. The Bertz CT molecular complexity index is 346. The van der Waals surface area contributed by atoms with Crippen molar-refractivity contribution in [2.45, 2.75) is 58.6 Å². The van der Waals surface area contributed by atoms with E-state index in [4.69, 9.17) is 4.74 Å². The van der Waals surface area contributed by atoms with E-state index in [9.17, 15) is 0 Å². The van der Waals surface area contributed by atoms with Crippen LogP contribution in [0.4, 0.5) is 0 Å². The van der Waals surface area contributed by atoms with Crippen LogP contribution >= 0.6 is 0 Å². The first kappa shape index (κ1) is 15.0. The maximum atomic E-state index is 5.96. The standard InChI is InChI=1S/C16H27NO/c1-7-15(17-6)12(2)18-14-10-8-13(9-11-14)16(3,4)5/h8-12,15,17H,7H2,1-6H3. The summed E-state index contributed by atoms with van der Waals surface area (Å²) in [7, 11) is 1.98. The molecule has 0 aliphatic carbocycles. The highest BCUT2D eigenvalue weighted by Gasteiger charge is 2.16. The van der Waals surface area contributed by atoms with Crippen molar-refractivity contribution in [3.05, 3.63) is 29.8 Å². The molecule has 0 heterocycles. The highest BCUT2D eigenvalue weighted by atomic mass is 16.5. The summed E-state index contributed by atoms with van der Waals surface area (Å²) in [4.78, 5) is 0.